The first kappa shape index (κ1) is 14.1. The predicted octanol–water partition coefficient (Wildman–Crippen LogP) is 2.75. The van der Waals surface area contributed by atoms with E-state index in [9.17, 15) is 4.39 Å². The minimum absolute atomic E-state index is 0.139. The molecule has 2 aromatic rings. The molecule has 0 aliphatic heterocycles. The zero-order chi connectivity index (χ0) is 15.0. The van der Waals surface area contributed by atoms with Crippen LogP contribution >= 0.6 is 15.9 Å². The van der Waals surface area contributed by atoms with Crippen molar-refractivity contribution in [3.63, 3.8) is 0 Å². The highest BCUT2D eigenvalue weighted by Crippen LogP contribution is 2.29. The van der Waals surface area contributed by atoms with Crippen molar-refractivity contribution in [3.05, 3.63) is 45.7 Å². The van der Waals surface area contributed by atoms with E-state index in [0.29, 0.717) is 11.3 Å². The molecule has 3 rings (SSSR count). The van der Waals surface area contributed by atoms with Crippen molar-refractivity contribution >= 4 is 21.8 Å². The monoisotopic (exact) mass is 352 g/mol. The second-order valence-electron chi connectivity index (χ2n) is 4.96. The molecule has 1 aliphatic carbocycles. The van der Waals surface area contributed by atoms with Gasteiger partial charge in [-0.15, -0.1) is 0 Å². The second-order valence-corrected chi connectivity index (χ2v) is 5.75. The summed E-state index contributed by atoms with van der Waals surface area (Å²) in [5.74, 6) is -0.593. The molecule has 0 amide bonds. The third kappa shape index (κ3) is 2.31. The summed E-state index contributed by atoms with van der Waals surface area (Å²) in [7, 11) is 0. The summed E-state index contributed by atoms with van der Waals surface area (Å²) >= 11 is 3.17. The zero-order valence-corrected chi connectivity index (χ0v) is 12.8. The van der Waals surface area contributed by atoms with Gasteiger partial charge in [0.05, 0.1) is 22.2 Å². The first-order chi connectivity index (χ1) is 10.1. The van der Waals surface area contributed by atoms with Gasteiger partial charge in [-0.2, -0.15) is 0 Å². The van der Waals surface area contributed by atoms with E-state index >= 15 is 0 Å². The Hall–Kier alpha value is -1.89. The van der Waals surface area contributed by atoms with Gasteiger partial charge in [-0.05, 0) is 53.7 Å². The van der Waals surface area contributed by atoms with Crippen LogP contribution in [0.15, 0.2) is 28.1 Å². The van der Waals surface area contributed by atoms with Crippen molar-refractivity contribution < 1.29 is 9.60 Å². The van der Waals surface area contributed by atoms with Crippen LogP contribution < -0.4 is 5.73 Å². The van der Waals surface area contributed by atoms with Crippen molar-refractivity contribution in [1.29, 1.82) is 0 Å². The Morgan fingerprint density at radius 2 is 2.14 bits per heavy atom. The van der Waals surface area contributed by atoms with E-state index in [4.69, 9.17) is 10.9 Å². The van der Waals surface area contributed by atoms with Gasteiger partial charge in [-0.25, -0.2) is 9.37 Å². The lowest BCUT2D eigenvalue weighted by Gasteiger charge is -2.15. The molecule has 0 fully saturated rings. The summed E-state index contributed by atoms with van der Waals surface area (Å²) in [6, 6.07) is 3.23. The summed E-state index contributed by atoms with van der Waals surface area (Å²) < 4.78 is 16.6. The summed E-state index contributed by atoms with van der Waals surface area (Å²) in [5.41, 5.74) is 8.35. The summed E-state index contributed by atoms with van der Waals surface area (Å²) in [6.45, 7) is 0. The van der Waals surface area contributed by atoms with Gasteiger partial charge in [0.25, 0.3) is 0 Å². The number of imidazole rings is 1. The number of fused-ring (bicyclic) bond motifs is 1. The Kier molecular flexibility index (Phi) is 3.67. The molecule has 0 atom stereocenters. The van der Waals surface area contributed by atoms with E-state index in [1.165, 1.54) is 0 Å². The minimum Gasteiger partial charge on any atom is -0.409 e. The lowest BCUT2D eigenvalue weighted by molar-refractivity contribution is 0.318. The third-order valence-electron chi connectivity index (χ3n) is 3.74. The van der Waals surface area contributed by atoms with E-state index in [1.54, 1.807) is 23.0 Å². The molecule has 5 nitrogen and oxygen atoms in total. The maximum Gasteiger partial charge on any atom is 0.171 e. The lowest BCUT2D eigenvalue weighted by Crippen LogP contribution is -2.15. The van der Waals surface area contributed by atoms with Crippen LogP contribution in [-0.2, 0) is 12.8 Å². The maximum absolute atomic E-state index is 14.6. The van der Waals surface area contributed by atoms with Crippen LogP contribution in [0.2, 0.25) is 0 Å². The molecule has 0 saturated carbocycles. The van der Waals surface area contributed by atoms with Crippen molar-refractivity contribution in [2.45, 2.75) is 25.7 Å². The molecule has 0 saturated heterocycles. The number of oxime groups is 1. The Balaban J connectivity index is 2.12. The van der Waals surface area contributed by atoms with Crippen molar-refractivity contribution in [1.82, 2.24) is 9.55 Å². The molecule has 0 spiro atoms. The third-order valence-corrected chi connectivity index (χ3v) is 4.51. The van der Waals surface area contributed by atoms with Gasteiger partial charge in [0, 0.05) is 11.3 Å². The molecule has 21 heavy (non-hydrogen) atoms. The minimum atomic E-state index is -0.454. The molecule has 1 aliphatic rings. The number of benzene rings is 1. The van der Waals surface area contributed by atoms with Crippen LogP contribution in [0.5, 0.6) is 0 Å². The summed E-state index contributed by atoms with van der Waals surface area (Å²) in [5, 5.41) is 11.6. The van der Waals surface area contributed by atoms with Gasteiger partial charge >= 0.3 is 0 Å². The molecule has 7 heteroatoms. The van der Waals surface area contributed by atoms with Gasteiger partial charge in [0.15, 0.2) is 11.7 Å². The van der Waals surface area contributed by atoms with E-state index in [0.717, 1.165) is 37.1 Å². The van der Waals surface area contributed by atoms with Crippen molar-refractivity contribution in [3.8, 4) is 5.69 Å². The SMILES string of the molecule is N/C(=N/O)c1ccc(-n2cnc3c2CCCC3)c(F)c1Br. The Bertz CT molecular complexity index is 726. The molecule has 0 bridgehead atoms. The average molecular weight is 353 g/mol. The maximum atomic E-state index is 14.6. The smallest absolute Gasteiger partial charge is 0.171 e. The normalized spacial score (nSPS) is 15.0. The van der Waals surface area contributed by atoms with Crippen LogP contribution in [0.25, 0.3) is 5.69 Å². The van der Waals surface area contributed by atoms with Crippen LogP contribution in [0.1, 0.15) is 29.8 Å². The number of hydrogen-bond donors (Lipinski definition) is 2. The largest absolute Gasteiger partial charge is 0.409 e. The number of nitrogens with two attached hydrogens (primary N) is 1. The fraction of sp³-hybridized carbons (Fsp3) is 0.286. The quantitative estimate of drug-likeness (QED) is 0.377. The number of rotatable bonds is 2. The van der Waals surface area contributed by atoms with Gasteiger partial charge < -0.3 is 15.5 Å². The Morgan fingerprint density at radius 1 is 1.38 bits per heavy atom. The van der Waals surface area contributed by atoms with Crippen molar-refractivity contribution in [2.24, 2.45) is 10.9 Å². The molecule has 110 valence electrons. The van der Waals surface area contributed by atoms with E-state index in [2.05, 4.69) is 26.1 Å². The number of amidine groups is 1. The average Bonchev–Trinajstić information content (AvgIpc) is 2.93. The van der Waals surface area contributed by atoms with E-state index in [1.807, 2.05) is 0 Å². The number of aryl methyl sites for hydroxylation is 1. The highest BCUT2D eigenvalue weighted by atomic mass is 79.9. The van der Waals surface area contributed by atoms with E-state index < -0.39 is 5.82 Å². The molecule has 3 N–H and O–H groups in total. The van der Waals surface area contributed by atoms with Crippen LogP contribution in [0, 0.1) is 5.82 Å². The van der Waals surface area contributed by atoms with Crippen LogP contribution in [0.3, 0.4) is 0 Å². The standard InChI is InChI=1S/C14H14BrFN4O/c15-12-8(14(17)19-21)5-6-11(13(12)16)20-7-18-9-3-1-2-4-10(9)20/h5-7,21H,1-4H2,(H2,17,19). The highest BCUT2D eigenvalue weighted by Gasteiger charge is 2.20. The number of aromatic nitrogens is 2. The zero-order valence-electron chi connectivity index (χ0n) is 11.2. The fourth-order valence-corrected chi connectivity index (χ4v) is 3.19. The van der Waals surface area contributed by atoms with Crippen molar-refractivity contribution in [2.75, 3.05) is 0 Å². The van der Waals surface area contributed by atoms with E-state index in [-0.39, 0.29) is 10.3 Å². The molecule has 1 aromatic carbocycles. The molecular formula is C14H14BrFN4O. The summed E-state index contributed by atoms with van der Waals surface area (Å²) in [6.07, 6.45) is 5.70. The predicted molar refractivity (Wildman–Crippen MR) is 80.4 cm³/mol. The Labute approximate surface area is 129 Å². The summed E-state index contributed by atoms with van der Waals surface area (Å²) in [4.78, 5) is 4.37. The van der Waals surface area contributed by atoms with Gasteiger partial charge in [0.1, 0.15) is 0 Å². The second kappa shape index (κ2) is 5.48. The first-order valence-electron chi connectivity index (χ1n) is 6.65. The highest BCUT2D eigenvalue weighted by molar-refractivity contribution is 9.10. The molecule has 0 radical (unpaired) electrons. The molecule has 0 unspecified atom stereocenters. The molecular weight excluding hydrogens is 339 g/mol. The number of halogens is 2. The van der Waals surface area contributed by atoms with Crippen LogP contribution in [0.4, 0.5) is 4.39 Å². The van der Waals surface area contributed by atoms with Gasteiger partial charge in [-0.3, -0.25) is 0 Å². The lowest BCUT2D eigenvalue weighted by atomic mass is 10.0. The van der Waals surface area contributed by atoms with Gasteiger partial charge in [-0.1, -0.05) is 5.16 Å². The van der Waals surface area contributed by atoms with Crippen LogP contribution in [-0.4, -0.2) is 20.6 Å². The Morgan fingerprint density at radius 3 is 2.90 bits per heavy atom. The molecule has 1 aromatic heterocycles. The first-order valence-corrected chi connectivity index (χ1v) is 7.44. The number of hydrogen-bond acceptors (Lipinski definition) is 3. The fourth-order valence-electron chi connectivity index (χ4n) is 2.65. The topological polar surface area (TPSA) is 76.4 Å². The molecule has 1 heterocycles. The van der Waals surface area contributed by atoms with Gasteiger partial charge in [0.2, 0.25) is 0 Å². The number of nitrogens with zero attached hydrogens (tertiary/aromatic N) is 3.